The molecule has 2 aromatic rings. The Bertz CT molecular complexity index is 912. The first kappa shape index (κ1) is 20.4. The largest absolute Gasteiger partial charge is 0.495 e. The summed E-state index contributed by atoms with van der Waals surface area (Å²) in [5.74, 6) is -0.197. The number of amides is 1. The van der Waals surface area contributed by atoms with Gasteiger partial charge in [0.2, 0.25) is 15.9 Å². The van der Waals surface area contributed by atoms with Gasteiger partial charge in [-0.05, 0) is 42.8 Å². The Hall–Kier alpha value is -1.96. The zero-order valence-electron chi connectivity index (χ0n) is 14.4. The number of carbonyl (C=O) groups excluding carboxylic acids is 1. The number of aryl methyl sites for hydroxylation is 1. The van der Waals surface area contributed by atoms with Crippen LogP contribution in [0.25, 0.3) is 0 Å². The summed E-state index contributed by atoms with van der Waals surface area (Å²) in [5, 5.41) is 3.30. The Morgan fingerprint density at radius 1 is 1.15 bits per heavy atom. The number of anilines is 2. The van der Waals surface area contributed by atoms with Crippen molar-refractivity contribution < 1.29 is 17.9 Å². The highest BCUT2D eigenvalue weighted by Crippen LogP contribution is 2.31. The van der Waals surface area contributed by atoms with Crippen molar-refractivity contribution in [1.82, 2.24) is 0 Å². The Morgan fingerprint density at radius 3 is 2.31 bits per heavy atom. The van der Waals surface area contributed by atoms with Crippen LogP contribution in [0.15, 0.2) is 36.4 Å². The van der Waals surface area contributed by atoms with Crippen molar-refractivity contribution >= 4 is 50.5 Å². The molecule has 140 valence electrons. The van der Waals surface area contributed by atoms with Crippen LogP contribution in [0.5, 0.6) is 5.75 Å². The highest BCUT2D eigenvalue weighted by Gasteiger charge is 2.24. The molecule has 0 bridgehead atoms. The first-order valence-electron chi connectivity index (χ1n) is 7.48. The van der Waals surface area contributed by atoms with Gasteiger partial charge in [0.05, 0.1) is 19.1 Å². The number of hydrogen-bond donors (Lipinski definition) is 1. The fourth-order valence-corrected chi connectivity index (χ4v) is 3.71. The Labute approximate surface area is 162 Å². The summed E-state index contributed by atoms with van der Waals surface area (Å²) >= 11 is 11.8. The van der Waals surface area contributed by atoms with Gasteiger partial charge in [-0.15, -0.1) is 0 Å². The number of hydrogen-bond acceptors (Lipinski definition) is 4. The predicted molar refractivity (Wildman–Crippen MR) is 105 cm³/mol. The highest BCUT2D eigenvalue weighted by molar-refractivity contribution is 7.92. The molecule has 0 saturated heterocycles. The van der Waals surface area contributed by atoms with Crippen molar-refractivity contribution in [1.29, 1.82) is 0 Å². The molecule has 0 aliphatic heterocycles. The minimum absolute atomic E-state index is 0.286. The Balaban J connectivity index is 2.32. The number of benzene rings is 2. The zero-order valence-corrected chi connectivity index (χ0v) is 16.7. The molecule has 0 saturated carbocycles. The van der Waals surface area contributed by atoms with E-state index in [1.54, 1.807) is 18.2 Å². The van der Waals surface area contributed by atoms with Crippen LogP contribution in [-0.4, -0.2) is 34.2 Å². The van der Waals surface area contributed by atoms with Crippen molar-refractivity contribution in [2.75, 3.05) is 29.5 Å². The molecular weight excluding hydrogens is 399 g/mol. The van der Waals surface area contributed by atoms with Crippen molar-refractivity contribution in [3.05, 3.63) is 52.0 Å². The van der Waals surface area contributed by atoms with E-state index in [1.165, 1.54) is 25.3 Å². The third-order valence-electron chi connectivity index (χ3n) is 3.44. The van der Waals surface area contributed by atoms with Gasteiger partial charge in [0, 0.05) is 15.7 Å². The lowest BCUT2D eigenvalue weighted by molar-refractivity contribution is -0.114. The summed E-state index contributed by atoms with van der Waals surface area (Å²) in [5.41, 5.74) is 1.49. The van der Waals surface area contributed by atoms with E-state index >= 15 is 0 Å². The quantitative estimate of drug-likeness (QED) is 0.778. The molecule has 0 unspecified atom stereocenters. The Kier molecular flexibility index (Phi) is 6.39. The van der Waals surface area contributed by atoms with Gasteiger partial charge >= 0.3 is 0 Å². The number of rotatable bonds is 6. The van der Waals surface area contributed by atoms with Crippen molar-refractivity contribution in [3.63, 3.8) is 0 Å². The third-order valence-corrected chi connectivity index (χ3v) is 5.00. The Morgan fingerprint density at radius 2 is 1.77 bits per heavy atom. The van der Waals surface area contributed by atoms with Crippen LogP contribution in [0.1, 0.15) is 5.56 Å². The van der Waals surface area contributed by atoms with Gasteiger partial charge in [-0.3, -0.25) is 9.10 Å². The molecule has 26 heavy (non-hydrogen) atoms. The van der Waals surface area contributed by atoms with Crippen LogP contribution in [-0.2, 0) is 14.8 Å². The second kappa shape index (κ2) is 8.16. The molecule has 1 N–H and O–H groups in total. The van der Waals surface area contributed by atoms with E-state index in [2.05, 4.69) is 5.32 Å². The molecular formula is C17H18Cl2N2O4S. The van der Waals surface area contributed by atoms with Gasteiger partial charge < -0.3 is 10.1 Å². The van der Waals surface area contributed by atoms with E-state index in [1.807, 2.05) is 6.92 Å². The van der Waals surface area contributed by atoms with Crippen molar-refractivity contribution in [2.24, 2.45) is 0 Å². The number of ether oxygens (including phenoxy) is 1. The molecule has 0 heterocycles. The van der Waals surface area contributed by atoms with Gasteiger partial charge in [-0.1, -0.05) is 29.3 Å². The number of methoxy groups -OCH3 is 1. The maximum atomic E-state index is 12.4. The second-order valence-electron chi connectivity index (χ2n) is 5.65. The fraction of sp³-hybridized carbons (Fsp3) is 0.235. The lowest BCUT2D eigenvalue weighted by atomic mass is 10.2. The molecule has 0 aliphatic carbocycles. The molecule has 0 fully saturated rings. The molecule has 1 amide bonds. The summed E-state index contributed by atoms with van der Waals surface area (Å²) < 4.78 is 30.7. The summed E-state index contributed by atoms with van der Waals surface area (Å²) in [6.07, 6.45) is 1.03. The average molecular weight is 417 g/mol. The smallest absolute Gasteiger partial charge is 0.245 e. The van der Waals surface area contributed by atoms with Crippen LogP contribution >= 0.6 is 23.2 Å². The van der Waals surface area contributed by atoms with Crippen LogP contribution in [0.3, 0.4) is 0 Å². The summed E-state index contributed by atoms with van der Waals surface area (Å²) in [4.78, 5) is 12.4. The van der Waals surface area contributed by atoms with Gasteiger partial charge in [0.25, 0.3) is 0 Å². The average Bonchev–Trinajstić information content (AvgIpc) is 2.50. The van der Waals surface area contributed by atoms with Gasteiger partial charge in [-0.25, -0.2) is 8.42 Å². The predicted octanol–water partition coefficient (Wildman–Crippen LogP) is 3.72. The standard InChI is InChI=1S/C17H18Cl2N2O4S/c1-11-4-5-16(25-2)15(6-11)21(26(3,23)24)10-17(22)20-14-8-12(18)7-13(19)9-14/h4-9H,10H2,1-3H3,(H,20,22). The molecule has 6 nitrogen and oxygen atoms in total. The summed E-state index contributed by atoms with van der Waals surface area (Å²) in [7, 11) is -2.30. The summed E-state index contributed by atoms with van der Waals surface area (Å²) in [6.45, 7) is 1.39. The zero-order chi connectivity index (χ0) is 19.5. The maximum Gasteiger partial charge on any atom is 0.245 e. The minimum atomic E-state index is -3.73. The number of carbonyl (C=O) groups is 1. The molecule has 9 heteroatoms. The molecule has 0 radical (unpaired) electrons. The lowest BCUT2D eigenvalue weighted by Crippen LogP contribution is -2.37. The number of halogens is 2. The molecule has 2 rings (SSSR count). The number of nitrogens with zero attached hydrogens (tertiary/aromatic N) is 1. The number of sulfonamides is 1. The van der Waals surface area contributed by atoms with E-state index in [9.17, 15) is 13.2 Å². The highest BCUT2D eigenvalue weighted by atomic mass is 35.5. The van der Waals surface area contributed by atoms with Gasteiger partial charge in [-0.2, -0.15) is 0 Å². The molecule has 0 spiro atoms. The van der Waals surface area contributed by atoms with Crippen LogP contribution in [0.4, 0.5) is 11.4 Å². The van der Waals surface area contributed by atoms with E-state index < -0.39 is 22.5 Å². The minimum Gasteiger partial charge on any atom is -0.495 e. The molecule has 2 aromatic carbocycles. The van der Waals surface area contributed by atoms with E-state index in [0.29, 0.717) is 21.5 Å². The third kappa shape index (κ3) is 5.27. The van der Waals surface area contributed by atoms with Gasteiger partial charge in [0.1, 0.15) is 12.3 Å². The molecule has 0 atom stereocenters. The van der Waals surface area contributed by atoms with Crippen molar-refractivity contribution in [2.45, 2.75) is 6.92 Å². The van der Waals surface area contributed by atoms with Gasteiger partial charge in [0.15, 0.2) is 0 Å². The van der Waals surface area contributed by atoms with Crippen LogP contribution in [0, 0.1) is 6.92 Å². The topological polar surface area (TPSA) is 75.7 Å². The second-order valence-corrected chi connectivity index (χ2v) is 8.43. The van der Waals surface area contributed by atoms with E-state index in [4.69, 9.17) is 27.9 Å². The van der Waals surface area contributed by atoms with Crippen LogP contribution in [0.2, 0.25) is 10.0 Å². The van der Waals surface area contributed by atoms with Crippen molar-refractivity contribution in [3.8, 4) is 5.75 Å². The first-order valence-corrected chi connectivity index (χ1v) is 10.1. The lowest BCUT2D eigenvalue weighted by Gasteiger charge is -2.24. The summed E-state index contributed by atoms with van der Waals surface area (Å²) in [6, 6.07) is 9.64. The van der Waals surface area contributed by atoms with E-state index in [0.717, 1.165) is 16.1 Å². The molecule has 0 aromatic heterocycles. The van der Waals surface area contributed by atoms with E-state index in [-0.39, 0.29) is 5.69 Å². The SMILES string of the molecule is COc1ccc(C)cc1N(CC(=O)Nc1cc(Cl)cc(Cl)c1)S(C)(=O)=O. The maximum absolute atomic E-state index is 12.4. The van der Waals surface area contributed by atoms with Crippen LogP contribution < -0.4 is 14.4 Å². The normalized spacial score (nSPS) is 11.1. The monoisotopic (exact) mass is 416 g/mol. The fourth-order valence-electron chi connectivity index (χ4n) is 2.33. The first-order chi connectivity index (χ1) is 12.1. The number of nitrogens with one attached hydrogen (secondary N) is 1. The molecule has 0 aliphatic rings.